The third kappa shape index (κ3) is 2.92. The molecule has 0 bridgehead atoms. The van der Waals surface area contributed by atoms with Crippen molar-refractivity contribution in [2.75, 3.05) is 13.2 Å². The van der Waals surface area contributed by atoms with E-state index in [1.165, 1.54) is 12.1 Å². The first-order valence-corrected chi connectivity index (χ1v) is 7.34. The van der Waals surface area contributed by atoms with E-state index in [0.29, 0.717) is 30.3 Å². The molecule has 1 heterocycles. The number of nitrogens with one attached hydrogen (secondary N) is 1. The van der Waals surface area contributed by atoms with Gasteiger partial charge in [0.15, 0.2) is 0 Å². The van der Waals surface area contributed by atoms with Gasteiger partial charge in [-0.2, -0.15) is 0 Å². The lowest BCUT2D eigenvalue weighted by atomic mass is 10.1. The minimum atomic E-state index is -0.406. The van der Waals surface area contributed by atoms with Crippen molar-refractivity contribution in [1.29, 1.82) is 0 Å². The largest absolute Gasteiger partial charge is 0.375 e. The molecule has 1 aliphatic carbocycles. The predicted molar refractivity (Wildman–Crippen MR) is 75.8 cm³/mol. The zero-order valence-electron chi connectivity index (χ0n) is 11.8. The number of halogens is 1. The average Bonchev–Trinajstić information content (AvgIpc) is 2.98. The molecule has 6 heteroatoms. The van der Waals surface area contributed by atoms with E-state index in [4.69, 9.17) is 10.6 Å². The van der Waals surface area contributed by atoms with Crippen LogP contribution in [-0.2, 0) is 11.3 Å². The second-order valence-electron chi connectivity index (χ2n) is 5.66. The van der Waals surface area contributed by atoms with Crippen LogP contribution in [0.15, 0.2) is 18.2 Å². The van der Waals surface area contributed by atoms with E-state index in [2.05, 4.69) is 10.3 Å². The summed E-state index contributed by atoms with van der Waals surface area (Å²) in [6, 6.07) is 4.72. The molecule has 1 aromatic carbocycles. The van der Waals surface area contributed by atoms with Crippen LogP contribution in [0.5, 0.6) is 0 Å². The van der Waals surface area contributed by atoms with E-state index in [0.717, 1.165) is 25.8 Å². The van der Waals surface area contributed by atoms with Crippen LogP contribution in [0.2, 0.25) is 0 Å². The molecule has 114 valence electrons. The predicted octanol–water partition coefficient (Wildman–Crippen LogP) is 1.18. The van der Waals surface area contributed by atoms with E-state index >= 15 is 0 Å². The number of morpholine rings is 1. The molecule has 21 heavy (non-hydrogen) atoms. The maximum Gasteiger partial charge on any atom is 0.265 e. The SMILES string of the molecule is NNC(=O)c1ccc(F)c(CN2CCOC3CCCC32)c1. The van der Waals surface area contributed by atoms with Gasteiger partial charge in [0.1, 0.15) is 5.82 Å². The van der Waals surface area contributed by atoms with Gasteiger partial charge < -0.3 is 4.74 Å². The molecule has 0 spiro atoms. The summed E-state index contributed by atoms with van der Waals surface area (Å²) in [6.45, 7) is 1.99. The maximum atomic E-state index is 14.0. The number of hydrogen-bond donors (Lipinski definition) is 2. The summed E-state index contributed by atoms with van der Waals surface area (Å²) in [5, 5.41) is 0. The summed E-state index contributed by atoms with van der Waals surface area (Å²) in [5.41, 5.74) is 2.98. The Hall–Kier alpha value is -1.50. The second kappa shape index (κ2) is 6.09. The van der Waals surface area contributed by atoms with E-state index in [1.54, 1.807) is 6.07 Å². The van der Waals surface area contributed by atoms with Crippen molar-refractivity contribution in [2.45, 2.75) is 38.0 Å². The van der Waals surface area contributed by atoms with Gasteiger partial charge in [-0.05, 0) is 37.5 Å². The van der Waals surface area contributed by atoms with E-state index in [1.807, 2.05) is 0 Å². The summed E-state index contributed by atoms with van der Waals surface area (Å²) >= 11 is 0. The molecule has 1 saturated heterocycles. The number of benzene rings is 1. The number of hydrogen-bond acceptors (Lipinski definition) is 4. The van der Waals surface area contributed by atoms with Crippen LogP contribution in [0.1, 0.15) is 35.2 Å². The number of carbonyl (C=O) groups excluding carboxylic acids is 1. The molecule has 3 rings (SSSR count). The zero-order valence-corrected chi connectivity index (χ0v) is 11.8. The molecule has 3 N–H and O–H groups in total. The molecule has 2 unspecified atom stereocenters. The molecule has 0 aromatic heterocycles. The highest BCUT2D eigenvalue weighted by molar-refractivity contribution is 5.93. The Morgan fingerprint density at radius 2 is 2.33 bits per heavy atom. The zero-order chi connectivity index (χ0) is 14.8. The van der Waals surface area contributed by atoms with Crippen molar-refractivity contribution in [3.63, 3.8) is 0 Å². The fourth-order valence-corrected chi connectivity index (χ4v) is 3.34. The van der Waals surface area contributed by atoms with Gasteiger partial charge in [-0.1, -0.05) is 0 Å². The summed E-state index contributed by atoms with van der Waals surface area (Å²) in [6.07, 6.45) is 3.61. The lowest BCUT2D eigenvalue weighted by Crippen LogP contribution is -2.48. The normalized spacial score (nSPS) is 25.6. The number of hydrazine groups is 1. The number of amides is 1. The van der Waals surface area contributed by atoms with Gasteiger partial charge in [0.25, 0.3) is 5.91 Å². The van der Waals surface area contributed by atoms with Crippen LogP contribution in [0.4, 0.5) is 4.39 Å². The second-order valence-corrected chi connectivity index (χ2v) is 5.66. The number of nitrogens with zero attached hydrogens (tertiary/aromatic N) is 1. The average molecular weight is 293 g/mol. The minimum Gasteiger partial charge on any atom is -0.375 e. The highest BCUT2D eigenvalue weighted by Gasteiger charge is 2.36. The molecule has 2 atom stereocenters. The third-order valence-electron chi connectivity index (χ3n) is 4.41. The van der Waals surface area contributed by atoms with Crippen LogP contribution in [0.3, 0.4) is 0 Å². The van der Waals surface area contributed by atoms with Crippen LogP contribution in [0.25, 0.3) is 0 Å². The minimum absolute atomic E-state index is 0.275. The van der Waals surface area contributed by atoms with Crippen molar-refractivity contribution >= 4 is 5.91 Å². The summed E-state index contributed by atoms with van der Waals surface area (Å²) < 4.78 is 19.8. The first kappa shape index (κ1) is 14.4. The Balaban J connectivity index is 1.78. The lowest BCUT2D eigenvalue weighted by molar-refractivity contribution is -0.0591. The molecular weight excluding hydrogens is 273 g/mol. The van der Waals surface area contributed by atoms with Crippen LogP contribution < -0.4 is 11.3 Å². The summed E-state index contributed by atoms with van der Waals surface area (Å²) in [7, 11) is 0. The Morgan fingerprint density at radius 1 is 1.48 bits per heavy atom. The van der Waals surface area contributed by atoms with Gasteiger partial charge in [0, 0.05) is 30.3 Å². The van der Waals surface area contributed by atoms with Gasteiger partial charge in [0.05, 0.1) is 12.7 Å². The number of ether oxygens (including phenoxy) is 1. The molecule has 5 nitrogen and oxygen atoms in total. The summed E-state index contributed by atoms with van der Waals surface area (Å²) in [5.74, 6) is 4.43. The first-order valence-electron chi connectivity index (χ1n) is 7.34. The van der Waals surface area contributed by atoms with E-state index < -0.39 is 5.91 Å². The third-order valence-corrected chi connectivity index (χ3v) is 4.41. The number of fused-ring (bicyclic) bond motifs is 1. The monoisotopic (exact) mass is 293 g/mol. The molecule has 2 fully saturated rings. The quantitative estimate of drug-likeness (QED) is 0.499. The fraction of sp³-hybridized carbons (Fsp3) is 0.533. The number of nitrogen functional groups attached to an aromatic ring is 1. The first-order chi connectivity index (χ1) is 10.2. The van der Waals surface area contributed by atoms with Crippen molar-refractivity contribution in [1.82, 2.24) is 10.3 Å². The highest BCUT2D eigenvalue weighted by atomic mass is 19.1. The Labute approximate surface area is 123 Å². The maximum absolute atomic E-state index is 14.0. The van der Waals surface area contributed by atoms with Crippen molar-refractivity contribution in [3.8, 4) is 0 Å². The molecule has 2 aliphatic rings. The van der Waals surface area contributed by atoms with Crippen molar-refractivity contribution < 1.29 is 13.9 Å². The van der Waals surface area contributed by atoms with Gasteiger partial charge in [-0.15, -0.1) is 0 Å². The van der Waals surface area contributed by atoms with Crippen LogP contribution >= 0.6 is 0 Å². The molecule has 1 amide bonds. The summed E-state index contributed by atoms with van der Waals surface area (Å²) in [4.78, 5) is 13.8. The van der Waals surface area contributed by atoms with Crippen LogP contribution in [0, 0.1) is 5.82 Å². The number of rotatable bonds is 3. The Kier molecular flexibility index (Phi) is 4.19. The molecule has 1 aromatic rings. The van der Waals surface area contributed by atoms with Gasteiger partial charge in [-0.25, -0.2) is 10.2 Å². The molecule has 1 saturated carbocycles. The highest BCUT2D eigenvalue weighted by Crippen LogP contribution is 2.31. The fourth-order valence-electron chi connectivity index (χ4n) is 3.34. The van der Waals surface area contributed by atoms with E-state index in [9.17, 15) is 9.18 Å². The number of nitrogens with two attached hydrogens (primary N) is 1. The Bertz CT molecular complexity index is 538. The topological polar surface area (TPSA) is 67.6 Å². The van der Waals surface area contributed by atoms with Crippen molar-refractivity contribution in [2.24, 2.45) is 5.84 Å². The standard InChI is InChI=1S/C15H20FN3O2/c16-12-5-4-10(15(20)18-17)8-11(12)9-19-6-7-21-14-3-1-2-13(14)19/h4-5,8,13-14H,1-3,6-7,9,17H2,(H,18,20). The van der Waals surface area contributed by atoms with Gasteiger partial charge in [0.2, 0.25) is 0 Å². The lowest BCUT2D eigenvalue weighted by Gasteiger charge is -2.37. The molecule has 0 radical (unpaired) electrons. The number of carbonyl (C=O) groups is 1. The van der Waals surface area contributed by atoms with Crippen molar-refractivity contribution in [3.05, 3.63) is 35.1 Å². The van der Waals surface area contributed by atoms with E-state index in [-0.39, 0.29) is 11.9 Å². The smallest absolute Gasteiger partial charge is 0.265 e. The Morgan fingerprint density at radius 3 is 3.14 bits per heavy atom. The molecular formula is C15H20FN3O2. The molecule has 1 aliphatic heterocycles. The van der Waals surface area contributed by atoms with Crippen LogP contribution in [-0.4, -0.2) is 36.1 Å². The van der Waals surface area contributed by atoms with Gasteiger partial charge >= 0.3 is 0 Å². The van der Waals surface area contributed by atoms with Gasteiger partial charge in [-0.3, -0.25) is 15.1 Å².